The van der Waals surface area contributed by atoms with Gasteiger partial charge in [0.2, 0.25) is 0 Å². The number of benzene rings is 2. The van der Waals surface area contributed by atoms with E-state index in [4.69, 9.17) is 5.73 Å². The average molecular weight is 276 g/mol. The molecule has 1 amide bonds. The van der Waals surface area contributed by atoms with Crippen LogP contribution in [0.15, 0.2) is 47.4 Å². The van der Waals surface area contributed by atoms with Crippen LogP contribution >= 0.6 is 11.8 Å². The largest absolute Gasteiger partial charge is 0.397 e. The minimum Gasteiger partial charge on any atom is -0.397 e. The van der Waals surface area contributed by atoms with Crippen LogP contribution < -0.4 is 11.1 Å². The summed E-state index contributed by atoms with van der Waals surface area (Å²) in [7, 11) is 0. The molecule has 98 valence electrons. The van der Waals surface area contributed by atoms with E-state index in [0.717, 1.165) is 4.90 Å². The quantitative estimate of drug-likeness (QED) is 0.667. The van der Waals surface area contributed by atoms with Gasteiger partial charge in [-0.3, -0.25) is 4.79 Å². The number of halogens is 1. The summed E-state index contributed by atoms with van der Waals surface area (Å²) in [6.45, 7) is 0. The van der Waals surface area contributed by atoms with Crippen molar-refractivity contribution < 1.29 is 9.18 Å². The second kappa shape index (κ2) is 5.75. The molecule has 2 aromatic carbocycles. The summed E-state index contributed by atoms with van der Waals surface area (Å²) in [6, 6.07) is 11.1. The zero-order valence-electron chi connectivity index (χ0n) is 10.3. The van der Waals surface area contributed by atoms with Crippen molar-refractivity contribution in [1.29, 1.82) is 0 Å². The number of nitrogen functional groups attached to an aromatic ring is 1. The normalized spacial score (nSPS) is 10.2. The Kier molecular flexibility index (Phi) is 4.06. The Bertz CT molecular complexity index is 599. The predicted molar refractivity (Wildman–Crippen MR) is 77.0 cm³/mol. The van der Waals surface area contributed by atoms with E-state index < -0.39 is 5.82 Å². The fraction of sp³-hybridized carbons (Fsp3) is 0.0714. The topological polar surface area (TPSA) is 55.1 Å². The highest BCUT2D eigenvalue weighted by Gasteiger charge is 2.08. The van der Waals surface area contributed by atoms with E-state index in [1.807, 2.05) is 18.4 Å². The van der Waals surface area contributed by atoms with Crippen LogP contribution in [-0.4, -0.2) is 12.2 Å². The number of carbonyl (C=O) groups is 1. The van der Waals surface area contributed by atoms with Crippen molar-refractivity contribution in [2.45, 2.75) is 4.90 Å². The van der Waals surface area contributed by atoms with Crippen molar-refractivity contribution >= 4 is 29.0 Å². The molecule has 0 aliphatic heterocycles. The molecular weight excluding hydrogens is 263 g/mol. The number of nitrogens with two attached hydrogens (primary N) is 1. The summed E-state index contributed by atoms with van der Waals surface area (Å²) in [4.78, 5) is 13.1. The highest BCUT2D eigenvalue weighted by Crippen LogP contribution is 2.20. The summed E-state index contributed by atoms with van der Waals surface area (Å²) in [5, 5.41) is 2.65. The van der Waals surface area contributed by atoms with Crippen LogP contribution in [0.2, 0.25) is 0 Å². The van der Waals surface area contributed by atoms with Crippen LogP contribution in [0.3, 0.4) is 0 Å². The van der Waals surface area contributed by atoms with E-state index in [1.165, 1.54) is 18.2 Å². The number of anilines is 2. The predicted octanol–water partition coefficient (Wildman–Crippen LogP) is 3.38. The molecule has 0 atom stereocenters. The van der Waals surface area contributed by atoms with E-state index in [9.17, 15) is 9.18 Å². The van der Waals surface area contributed by atoms with Crippen molar-refractivity contribution in [3.63, 3.8) is 0 Å². The summed E-state index contributed by atoms with van der Waals surface area (Å²) >= 11 is 1.60. The number of amides is 1. The van der Waals surface area contributed by atoms with Crippen LogP contribution in [0, 0.1) is 5.82 Å². The minimum absolute atomic E-state index is 0.203. The molecule has 0 radical (unpaired) electrons. The Labute approximate surface area is 115 Å². The van der Waals surface area contributed by atoms with Crippen molar-refractivity contribution in [3.05, 3.63) is 53.8 Å². The SMILES string of the molecule is CSc1ccc(C(=O)Nc2ccc(F)cc2N)cc1. The van der Waals surface area contributed by atoms with Crippen LogP contribution in [0.25, 0.3) is 0 Å². The Balaban J connectivity index is 2.15. The maximum absolute atomic E-state index is 12.9. The molecule has 0 bridgehead atoms. The zero-order valence-corrected chi connectivity index (χ0v) is 11.1. The van der Waals surface area contributed by atoms with Gasteiger partial charge in [0.25, 0.3) is 5.91 Å². The number of carbonyl (C=O) groups excluding carboxylic acids is 1. The molecule has 0 aromatic heterocycles. The number of hydrogen-bond donors (Lipinski definition) is 2. The lowest BCUT2D eigenvalue weighted by atomic mass is 10.2. The molecule has 0 spiro atoms. The molecule has 0 aliphatic rings. The fourth-order valence-electron chi connectivity index (χ4n) is 1.58. The molecule has 0 fully saturated rings. The van der Waals surface area contributed by atoms with Gasteiger partial charge in [-0.25, -0.2) is 4.39 Å². The molecule has 3 N–H and O–H groups in total. The Hall–Kier alpha value is -2.01. The lowest BCUT2D eigenvalue weighted by molar-refractivity contribution is 0.102. The first-order chi connectivity index (χ1) is 9.10. The van der Waals surface area contributed by atoms with Gasteiger partial charge in [-0.1, -0.05) is 0 Å². The molecule has 0 saturated carbocycles. The third kappa shape index (κ3) is 3.26. The lowest BCUT2D eigenvalue weighted by Gasteiger charge is -2.08. The molecule has 2 rings (SSSR count). The first kappa shape index (κ1) is 13.4. The number of nitrogens with one attached hydrogen (secondary N) is 1. The molecule has 0 unspecified atom stereocenters. The number of hydrogen-bond acceptors (Lipinski definition) is 3. The lowest BCUT2D eigenvalue weighted by Crippen LogP contribution is -2.13. The molecule has 0 saturated heterocycles. The minimum atomic E-state index is -0.431. The maximum Gasteiger partial charge on any atom is 0.255 e. The fourth-order valence-corrected chi connectivity index (χ4v) is 1.99. The zero-order chi connectivity index (χ0) is 13.8. The molecule has 5 heteroatoms. The van der Waals surface area contributed by atoms with Gasteiger partial charge in [0.1, 0.15) is 5.82 Å². The monoisotopic (exact) mass is 276 g/mol. The third-order valence-corrected chi connectivity index (χ3v) is 3.36. The third-order valence-electron chi connectivity index (χ3n) is 2.61. The van der Waals surface area contributed by atoms with Crippen LogP contribution in [0.1, 0.15) is 10.4 Å². The van der Waals surface area contributed by atoms with Gasteiger partial charge < -0.3 is 11.1 Å². The molecule has 0 aliphatic carbocycles. The van der Waals surface area contributed by atoms with E-state index in [0.29, 0.717) is 11.3 Å². The Morgan fingerprint density at radius 1 is 1.21 bits per heavy atom. The number of thioether (sulfide) groups is 1. The summed E-state index contributed by atoms with van der Waals surface area (Å²) < 4.78 is 12.9. The molecular formula is C14H13FN2OS. The van der Waals surface area contributed by atoms with Crippen molar-refractivity contribution in [1.82, 2.24) is 0 Å². The Morgan fingerprint density at radius 2 is 1.89 bits per heavy atom. The van der Waals surface area contributed by atoms with E-state index in [2.05, 4.69) is 5.32 Å². The average Bonchev–Trinajstić information content (AvgIpc) is 2.42. The van der Waals surface area contributed by atoms with Gasteiger partial charge in [-0.05, 0) is 48.7 Å². The van der Waals surface area contributed by atoms with Crippen LogP contribution in [-0.2, 0) is 0 Å². The molecule has 0 heterocycles. The van der Waals surface area contributed by atoms with E-state index in [-0.39, 0.29) is 11.6 Å². The van der Waals surface area contributed by atoms with Crippen molar-refractivity contribution in [2.75, 3.05) is 17.3 Å². The van der Waals surface area contributed by atoms with Crippen LogP contribution in [0.5, 0.6) is 0 Å². The van der Waals surface area contributed by atoms with Gasteiger partial charge >= 0.3 is 0 Å². The maximum atomic E-state index is 12.9. The van der Waals surface area contributed by atoms with E-state index in [1.54, 1.807) is 23.9 Å². The number of rotatable bonds is 3. The van der Waals surface area contributed by atoms with Gasteiger partial charge in [0, 0.05) is 10.5 Å². The molecule has 2 aromatic rings. The second-order valence-electron chi connectivity index (χ2n) is 3.91. The standard InChI is InChI=1S/C14H13FN2OS/c1-19-11-5-2-9(3-6-11)14(18)17-13-7-4-10(15)8-12(13)16/h2-8H,16H2,1H3,(H,17,18). The second-order valence-corrected chi connectivity index (χ2v) is 4.79. The summed E-state index contributed by atoms with van der Waals surface area (Å²) in [5.41, 5.74) is 6.77. The summed E-state index contributed by atoms with van der Waals surface area (Å²) in [5.74, 6) is -0.703. The van der Waals surface area contributed by atoms with Crippen molar-refractivity contribution in [3.8, 4) is 0 Å². The highest BCUT2D eigenvalue weighted by molar-refractivity contribution is 7.98. The molecule has 19 heavy (non-hydrogen) atoms. The van der Waals surface area contributed by atoms with Gasteiger partial charge in [0.15, 0.2) is 0 Å². The molecule has 3 nitrogen and oxygen atoms in total. The summed E-state index contributed by atoms with van der Waals surface area (Å²) in [6.07, 6.45) is 1.97. The van der Waals surface area contributed by atoms with E-state index >= 15 is 0 Å². The van der Waals surface area contributed by atoms with Crippen LogP contribution in [0.4, 0.5) is 15.8 Å². The van der Waals surface area contributed by atoms with Gasteiger partial charge in [-0.15, -0.1) is 11.8 Å². The van der Waals surface area contributed by atoms with Gasteiger partial charge in [-0.2, -0.15) is 0 Å². The first-order valence-electron chi connectivity index (χ1n) is 5.60. The first-order valence-corrected chi connectivity index (χ1v) is 6.83. The highest BCUT2D eigenvalue weighted by atomic mass is 32.2. The van der Waals surface area contributed by atoms with Crippen molar-refractivity contribution in [2.24, 2.45) is 0 Å². The Morgan fingerprint density at radius 3 is 2.47 bits per heavy atom. The smallest absolute Gasteiger partial charge is 0.255 e. The van der Waals surface area contributed by atoms with Gasteiger partial charge in [0.05, 0.1) is 11.4 Å².